The summed E-state index contributed by atoms with van der Waals surface area (Å²) in [4.78, 5) is 18.6. The predicted octanol–water partition coefficient (Wildman–Crippen LogP) is 2.95. The lowest BCUT2D eigenvalue weighted by molar-refractivity contribution is -0.387. The van der Waals surface area contributed by atoms with Gasteiger partial charge in [-0.3, -0.25) is 10.1 Å². The first-order valence-electron chi connectivity index (χ1n) is 5.96. The molecule has 0 aliphatic carbocycles. The highest BCUT2D eigenvalue weighted by molar-refractivity contribution is 7.99. The Kier molecular flexibility index (Phi) is 5.84. The Labute approximate surface area is 111 Å². The number of hydrogen-bond acceptors (Lipinski definition) is 6. The highest BCUT2D eigenvalue weighted by atomic mass is 32.2. The van der Waals surface area contributed by atoms with Crippen molar-refractivity contribution in [3.8, 4) is 0 Å². The summed E-state index contributed by atoms with van der Waals surface area (Å²) in [6, 6.07) is 0. The summed E-state index contributed by atoms with van der Waals surface area (Å²) < 4.78 is 0. The van der Waals surface area contributed by atoms with Gasteiger partial charge in [0.1, 0.15) is 6.33 Å². The minimum absolute atomic E-state index is 0.0207. The van der Waals surface area contributed by atoms with Crippen molar-refractivity contribution < 1.29 is 4.92 Å². The van der Waals surface area contributed by atoms with Gasteiger partial charge in [-0.15, -0.1) is 0 Å². The van der Waals surface area contributed by atoms with Gasteiger partial charge in [-0.25, -0.2) is 9.97 Å². The van der Waals surface area contributed by atoms with Crippen LogP contribution < -0.4 is 5.32 Å². The number of thioether (sulfide) groups is 1. The standard InChI is InChI=1S/C11H18N4O2S/c1-4-8(3)6-18-11-9(15(16)17)10(12-5-2)13-7-14-11/h7-8H,4-6H2,1-3H3,(H,12,13,14). The van der Waals surface area contributed by atoms with Gasteiger partial charge in [-0.2, -0.15) is 0 Å². The smallest absolute Gasteiger partial charge is 0.343 e. The Balaban J connectivity index is 2.95. The molecule has 0 aromatic carbocycles. The van der Waals surface area contributed by atoms with Gasteiger partial charge in [0.15, 0.2) is 5.03 Å². The first-order chi connectivity index (χ1) is 8.60. The molecule has 0 saturated heterocycles. The highest BCUT2D eigenvalue weighted by Gasteiger charge is 2.22. The van der Waals surface area contributed by atoms with Gasteiger partial charge in [0.2, 0.25) is 5.82 Å². The maximum atomic E-state index is 11.1. The summed E-state index contributed by atoms with van der Waals surface area (Å²) in [5.74, 6) is 1.62. The van der Waals surface area contributed by atoms with Crippen LogP contribution in [0.3, 0.4) is 0 Å². The fourth-order valence-corrected chi connectivity index (χ4v) is 2.38. The molecule has 1 atom stereocenters. The molecular weight excluding hydrogens is 252 g/mol. The maximum absolute atomic E-state index is 11.1. The highest BCUT2D eigenvalue weighted by Crippen LogP contribution is 2.33. The second-order valence-corrected chi connectivity index (χ2v) is 5.00. The molecule has 1 heterocycles. The molecule has 1 aromatic rings. The summed E-state index contributed by atoms with van der Waals surface area (Å²) >= 11 is 1.42. The summed E-state index contributed by atoms with van der Waals surface area (Å²) in [5.41, 5.74) is -0.0207. The number of nitrogens with zero attached hydrogens (tertiary/aromatic N) is 3. The van der Waals surface area contributed by atoms with Crippen molar-refractivity contribution in [3.63, 3.8) is 0 Å². The lowest BCUT2D eigenvalue weighted by Crippen LogP contribution is -2.06. The normalized spacial score (nSPS) is 12.2. The number of nitro groups is 1. The quantitative estimate of drug-likeness (QED) is 0.355. The third-order valence-electron chi connectivity index (χ3n) is 2.52. The zero-order valence-electron chi connectivity index (χ0n) is 10.8. The van der Waals surface area contributed by atoms with Crippen molar-refractivity contribution in [2.24, 2.45) is 5.92 Å². The van der Waals surface area contributed by atoms with Crippen LogP contribution in [0.4, 0.5) is 11.5 Å². The SMILES string of the molecule is CCNc1ncnc(SCC(C)CC)c1[N+](=O)[O-]. The van der Waals surface area contributed by atoms with Crippen LogP contribution in [0.25, 0.3) is 0 Å². The van der Waals surface area contributed by atoms with Crippen LogP contribution in [0, 0.1) is 16.0 Å². The van der Waals surface area contributed by atoms with Crippen molar-refractivity contribution in [1.29, 1.82) is 0 Å². The molecule has 1 aromatic heterocycles. The Bertz CT molecular complexity index is 414. The monoisotopic (exact) mass is 270 g/mol. The average Bonchev–Trinajstić information content (AvgIpc) is 2.36. The molecule has 0 aliphatic rings. The Morgan fingerprint density at radius 1 is 1.50 bits per heavy atom. The number of hydrogen-bond donors (Lipinski definition) is 1. The largest absolute Gasteiger partial charge is 0.364 e. The van der Waals surface area contributed by atoms with Gasteiger partial charge in [0.05, 0.1) is 4.92 Å². The molecule has 100 valence electrons. The van der Waals surface area contributed by atoms with Gasteiger partial charge < -0.3 is 5.32 Å². The van der Waals surface area contributed by atoms with Gasteiger partial charge in [0.25, 0.3) is 0 Å². The van der Waals surface area contributed by atoms with Crippen molar-refractivity contribution >= 4 is 23.3 Å². The number of aromatic nitrogens is 2. The second kappa shape index (κ2) is 7.15. The zero-order valence-corrected chi connectivity index (χ0v) is 11.7. The molecule has 1 rings (SSSR count). The van der Waals surface area contributed by atoms with Crippen LogP contribution in [0.15, 0.2) is 11.4 Å². The molecule has 0 bridgehead atoms. The molecule has 0 saturated carbocycles. The summed E-state index contributed by atoms with van der Waals surface area (Å²) in [6.07, 6.45) is 2.41. The molecule has 7 heteroatoms. The van der Waals surface area contributed by atoms with E-state index in [-0.39, 0.29) is 5.69 Å². The van der Waals surface area contributed by atoms with Gasteiger partial charge in [0, 0.05) is 12.3 Å². The van der Waals surface area contributed by atoms with E-state index in [2.05, 4.69) is 29.1 Å². The van der Waals surface area contributed by atoms with E-state index in [1.165, 1.54) is 18.1 Å². The summed E-state index contributed by atoms with van der Waals surface area (Å²) in [6.45, 7) is 6.68. The van der Waals surface area contributed by atoms with E-state index in [4.69, 9.17) is 0 Å². The van der Waals surface area contributed by atoms with Gasteiger partial charge in [-0.05, 0) is 12.8 Å². The average molecular weight is 270 g/mol. The number of nitrogens with one attached hydrogen (secondary N) is 1. The molecule has 0 aliphatic heterocycles. The van der Waals surface area contributed by atoms with Gasteiger partial charge >= 0.3 is 5.69 Å². The molecule has 1 N–H and O–H groups in total. The topological polar surface area (TPSA) is 81.0 Å². The molecule has 0 spiro atoms. The Hall–Kier alpha value is -1.37. The third kappa shape index (κ3) is 3.83. The summed E-state index contributed by atoms with van der Waals surface area (Å²) in [7, 11) is 0. The van der Waals surface area contributed by atoms with Crippen LogP contribution in [-0.2, 0) is 0 Å². The Morgan fingerprint density at radius 2 is 2.22 bits per heavy atom. The van der Waals surface area contributed by atoms with E-state index in [9.17, 15) is 10.1 Å². The fraction of sp³-hybridized carbons (Fsp3) is 0.636. The number of rotatable bonds is 7. The maximum Gasteiger partial charge on any atom is 0.343 e. The third-order valence-corrected chi connectivity index (χ3v) is 3.82. The number of anilines is 1. The minimum atomic E-state index is -0.420. The van der Waals surface area contributed by atoms with Crippen LogP contribution >= 0.6 is 11.8 Å². The van der Waals surface area contributed by atoms with E-state index < -0.39 is 4.92 Å². The van der Waals surface area contributed by atoms with Crippen molar-refractivity contribution in [3.05, 3.63) is 16.4 Å². The lowest BCUT2D eigenvalue weighted by atomic mass is 10.2. The molecule has 0 amide bonds. The lowest BCUT2D eigenvalue weighted by Gasteiger charge is -2.09. The predicted molar refractivity (Wildman–Crippen MR) is 73.0 cm³/mol. The van der Waals surface area contributed by atoms with Gasteiger partial charge in [-0.1, -0.05) is 32.0 Å². The molecule has 0 radical (unpaired) electrons. The minimum Gasteiger partial charge on any atom is -0.364 e. The zero-order chi connectivity index (χ0) is 13.5. The molecule has 1 unspecified atom stereocenters. The van der Waals surface area contributed by atoms with Crippen molar-refractivity contribution in [1.82, 2.24) is 9.97 Å². The van der Waals surface area contributed by atoms with E-state index in [1.807, 2.05) is 6.92 Å². The van der Waals surface area contributed by atoms with Crippen LogP contribution in [-0.4, -0.2) is 27.2 Å². The van der Waals surface area contributed by atoms with Crippen LogP contribution in [0.1, 0.15) is 27.2 Å². The first kappa shape index (κ1) is 14.7. The molecule has 6 nitrogen and oxygen atoms in total. The van der Waals surface area contributed by atoms with E-state index >= 15 is 0 Å². The van der Waals surface area contributed by atoms with E-state index in [0.717, 1.165) is 12.2 Å². The molecular formula is C11H18N4O2S. The van der Waals surface area contributed by atoms with Crippen LogP contribution in [0.2, 0.25) is 0 Å². The first-order valence-corrected chi connectivity index (χ1v) is 6.94. The van der Waals surface area contributed by atoms with Crippen molar-refractivity contribution in [2.75, 3.05) is 17.6 Å². The fourth-order valence-electron chi connectivity index (χ4n) is 1.27. The summed E-state index contributed by atoms with van der Waals surface area (Å²) in [5, 5.41) is 14.4. The van der Waals surface area contributed by atoms with Crippen LogP contribution in [0.5, 0.6) is 0 Å². The molecule has 0 fully saturated rings. The van der Waals surface area contributed by atoms with E-state index in [1.54, 1.807) is 0 Å². The van der Waals surface area contributed by atoms with E-state index in [0.29, 0.717) is 23.3 Å². The molecule has 18 heavy (non-hydrogen) atoms. The Morgan fingerprint density at radius 3 is 2.78 bits per heavy atom. The second-order valence-electron chi connectivity index (χ2n) is 3.99. The van der Waals surface area contributed by atoms with Crippen molar-refractivity contribution in [2.45, 2.75) is 32.2 Å².